The smallest absolute Gasteiger partial charge is 0 e. The molecular weight excluding hydrogens is 362 g/mol. The predicted molar refractivity (Wildman–Crippen MR) is 18.4 cm³/mol. The summed E-state index contributed by atoms with van der Waals surface area (Å²) in [4.78, 5) is 0. The van der Waals surface area contributed by atoms with Crippen LogP contribution in [0.2, 0.25) is 0 Å². The van der Waals surface area contributed by atoms with Crippen LogP contribution >= 0.6 is 0 Å². The van der Waals surface area contributed by atoms with Gasteiger partial charge in [-0.3, -0.25) is 14.1 Å². The van der Waals surface area contributed by atoms with Crippen LogP contribution in [0.3, 0.4) is 0 Å². The van der Waals surface area contributed by atoms with Gasteiger partial charge in [0.1, 0.15) is 0 Å². The molecule has 6 N–H and O–H groups in total. The van der Waals surface area contributed by atoms with Gasteiger partial charge >= 0.3 is 0 Å². The van der Waals surface area contributed by atoms with E-state index in [2.05, 4.69) is 0 Å². The van der Waals surface area contributed by atoms with E-state index in [-0.39, 0.29) is 66.4 Å². The first-order chi connectivity index (χ1) is 0. The van der Waals surface area contributed by atoms with Crippen molar-refractivity contribution in [3.05, 3.63) is 0 Å². The van der Waals surface area contributed by atoms with Gasteiger partial charge < -0.3 is 21.1 Å². The minimum Gasteiger partial charge on any atom is -1.00 e. The van der Waals surface area contributed by atoms with E-state index >= 15 is 0 Å². The van der Waals surface area contributed by atoms with Crippen molar-refractivity contribution >= 4 is 0 Å². The molecule has 0 radical (unpaired) electrons. The molecule has 0 aliphatic heterocycles. The van der Waals surface area contributed by atoms with Crippen LogP contribution in [0.5, 0.6) is 0 Å². The van der Waals surface area contributed by atoms with E-state index in [4.69, 9.17) is 0 Å². The standard InChI is InChI=1S/4FH.3H2O.U/h4*1H;3*1H2;/p-1. The zero-order valence-corrected chi connectivity index (χ0v) is 7.77. The molecule has 0 amide bonds. The van der Waals surface area contributed by atoms with Crippen LogP contribution in [0.1, 0.15) is 0 Å². The third-order valence-corrected chi connectivity index (χ3v) is 0. The molecule has 3 nitrogen and oxygen atoms in total. The minimum absolute atomic E-state index is 0. The SMILES string of the molecule is F.F.F.O.O.O.[F-].[U]. The Labute approximate surface area is 66.6 Å². The first-order valence-electron chi connectivity index (χ1n) is 0. The van der Waals surface area contributed by atoms with Gasteiger partial charge in [-0.15, -0.1) is 0 Å². The van der Waals surface area contributed by atoms with Crippen LogP contribution in [0.4, 0.5) is 14.1 Å². The average Bonchev–Trinajstić information content (AvgIpc) is 0. The second-order valence-corrected chi connectivity index (χ2v) is 0. The van der Waals surface area contributed by atoms with Crippen LogP contribution < -0.4 is 4.70 Å². The van der Waals surface area contributed by atoms with Gasteiger partial charge in [-0.05, 0) is 0 Å². The molecular formula is H9F4O3U-. The fourth-order valence-corrected chi connectivity index (χ4v) is 0. The maximum Gasteiger partial charge on any atom is 0 e. The van der Waals surface area contributed by atoms with Crippen LogP contribution in [-0.2, 0) is 0 Å². The number of hydrogen-bond acceptors (Lipinski definition) is 0. The fraction of sp³-hybridized carbons (Fsp3) is 0. The Morgan fingerprint density at radius 2 is 0.500 bits per heavy atom. The van der Waals surface area contributed by atoms with Gasteiger partial charge in [0.25, 0.3) is 0 Å². The summed E-state index contributed by atoms with van der Waals surface area (Å²) in [6, 6.07) is 0. The monoisotopic (exact) mass is 371 g/mol. The Bertz CT molecular complexity index is 11.2. The van der Waals surface area contributed by atoms with E-state index in [1.165, 1.54) is 0 Å². The van der Waals surface area contributed by atoms with E-state index < -0.39 is 0 Å². The summed E-state index contributed by atoms with van der Waals surface area (Å²) in [6.45, 7) is 0. The largest absolute Gasteiger partial charge is 1.00 e. The molecule has 8 heteroatoms. The zero-order valence-electron chi connectivity index (χ0n) is 3.60. The van der Waals surface area contributed by atoms with Gasteiger partial charge in [0.15, 0.2) is 0 Å². The summed E-state index contributed by atoms with van der Waals surface area (Å²) in [5, 5.41) is 0. The van der Waals surface area contributed by atoms with Crippen molar-refractivity contribution in [1.29, 1.82) is 0 Å². The quantitative estimate of drug-likeness (QED) is 0.382. The Morgan fingerprint density at radius 1 is 0.500 bits per heavy atom. The van der Waals surface area contributed by atoms with E-state index in [1.54, 1.807) is 0 Å². The zero-order chi connectivity index (χ0) is 0. The summed E-state index contributed by atoms with van der Waals surface area (Å²) in [5.74, 6) is 0. The van der Waals surface area contributed by atoms with Crippen molar-refractivity contribution in [3.8, 4) is 0 Å². The van der Waals surface area contributed by atoms with Crippen molar-refractivity contribution in [2.24, 2.45) is 0 Å². The van der Waals surface area contributed by atoms with E-state index in [1.807, 2.05) is 0 Å². The van der Waals surface area contributed by atoms with Crippen molar-refractivity contribution in [1.82, 2.24) is 0 Å². The summed E-state index contributed by atoms with van der Waals surface area (Å²) < 4.78 is 0. The average molecular weight is 371 g/mol. The molecule has 8 heavy (non-hydrogen) atoms. The Balaban J connectivity index is 0. The third kappa shape index (κ3) is 500. The van der Waals surface area contributed by atoms with Crippen molar-refractivity contribution in [3.63, 3.8) is 0 Å². The van der Waals surface area contributed by atoms with Crippen molar-refractivity contribution in [2.75, 3.05) is 0 Å². The van der Waals surface area contributed by atoms with Gasteiger partial charge in [0, 0.05) is 31.1 Å². The molecule has 0 fully saturated rings. The molecule has 0 aliphatic carbocycles. The molecule has 0 spiro atoms. The van der Waals surface area contributed by atoms with Crippen molar-refractivity contribution in [2.45, 2.75) is 0 Å². The second-order valence-electron chi connectivity index (χ2n) is 0. The fourth-order valence-electron chi connectivity index (χ4n) is 0. The first kappa shape index (κ1) is 1190. The number of rotatable bonds is 0. The van der Waals surface area contributed by atoms with Crippen LogP contribution in [0, 0.1) is 31.1 Å². The van der Waals surface area contributed by atoms with Gasteiger partial charge in [0.05, 0.1) is 0 Å². The summed E-state index contributed by atoms with van der Waals surface area (Å²) >= 11 is 0. The summed E-state index contributed by atoms with van der Waals surface area (Å²) in [5.41, 5.74) is 0. The Kier molecular flexibility index (Phi) is 119000. The first-order valence-corrected chi connectivity index (χ1v) is 0. The molecule has 0 saturated heterocycles. The Morgan fingerprint density at radius 3 is 0.500 bits per heavy atom. The maximum absolute atomic E-state index is 0. The van der Waals surface area contributed by atoms with Crippen LogP contribution in [-0.4, -0.2) is 16.4 Å². The molecule has 0 saturated carbocycles. The van der Waals surface area contributed by atoms with Gasteiger partial charge in [-0.1, -0.05) is 0 Å². The van der Waals surface area contributed by atoms with Crippen LogP contribution in [0.25, 0.3) is 0 Å². The van der Waals surface area contributed by atoms with E-state index in [9.17, 15) is 0 Å². The van der Waals surface area contributed by atoms with E-state index in [0.717, 1.165) is 0 Å². The molecule has 0 aromatic heterocycles. The molecule has 0 rings (SSSR count). The Hall–Kier alpha value is 0.652. The van der Waals surface area contributed by atoms with E-state index in [0.29, 0.717) is 0 Å². The normalized spacial score (nSPS) is 0. The van der Waals surface area contributed by atoms with Crippen LogP contribution in [0.15, 0.2) is 0 Å². The topological polar surface area (TPSA) is 94.5 Å². The summed E-state index contributed by atoms with van der Waals surface area (Å²) in [7, 11) is 0. The molecule has 0 aromatic carbocycles. The molecule has 0 heterocycles. The second kappa shape index (κ2) is 797. The third-order valence-electron chi connectivity index (χ3n) is 0. The van der Waals surface area contributed by atoms with Gasteiger partial charge in [-0.2, -0.15) is 0 Å². The molecule has 0 atom stereocenters. The molecule has 0 aromatic rings. The molecule has 60 valence electrons. The van der Waals surface area contributed by atoms with Gasteiger partial charge in [0.2, 0.25) is 0 Å². The molecule has 0 unspecified atom stereocenters. The maximum atomic E-state index is 0. The minimum atomic E-state index is 0. The predicted octanol–water partition coefficient (Wildman–Crippen LogP) is -5.01. The number of hydrogen-bond donors (Lipinski definition) is 0. The summed E-state index contributed by atoms with van der Waals surface area (Å²) in [6.07, 6.45) is 0. The molecule has 0 bridgehead atoms. The van der Waals surface area contributed by atoms with Crippen molar-refractivity contribution < 1.29 is 66.4 Å². The number of halogens is 4. The molecule has 0 aliphatic rings. The van der Waals surface area contributed by atoms with Gasteiger partial charge in [-0.25, -0.2) is 0 Å².